The van der Waals surface area contributed by atoms with Crippen molar-refractivity contribution in [3.8, 4) is 11.4 Å². The van der Waals surface area contributed by atoms with Gasteiger partial charge in [-0.15, -0.1) is 0 Å². The van der Waals surface area contributed by atoms with Gasteiger partial charge in [0.1, 0.15) is 5.82 Å². The largest absolute Gasteiger partial charge is 0.328 e. The van der Waals surface area contributed by atoms with Crippen molar-refractivity contribution in [1.82, 2.24) is 24.9 Å². The first-order valence-electron chi connectivity index (χ1n) is 8.02. The molecule has 0 bridgehead atoms. The van der Waals surface area contributed by atoms with Crippen molar-refractivity contribution in [1.29, 1.82) is 0 Å². The summed E-state index contributed by atoms with van der Waals surface area (Å²) in [7, 11) is 0. The molecule has 1 aliphatic heterocycles. The van der Waals surface area contributed by atoms with Gasteiger partial charge in [0.15, 0.2) is 5.82 Å². The van der Waals surface area contributed by atoms with E-state index in [9.17, 15) is 0 Å². The molecule has 1 aliphatic rings. The Labute approximate surface area is 144 Å². The summed E-state index contributed by atoms with van der Waals surface area (Å²) in [6.07, 6.45) is 2.82. The maximum absolute atomic E-state index is 5.90. The number of halogens is 1. The van der Waals surface area contributed by atoms with Gasteiger partial charge >= 0.3 is 6.01 Å². The van der Waals surface area contributed by atoms with Crippen molar-refractivity contribution in [2.45, 2.75) is 38.8 Å². The highest BCUT2D eigenvalue weighted by Crippen LogP contribution is 2.28. The van der Waals surface area contributed by atoms with Crippen LogP contribution in [-0.4, -0.2) is 24.9 Å². The predicted octanol–water partition coefficient (Wildman–Crippen LogP) is 3.49. The molecule has 124 valence electrons. The van der Waals surface area contributed by atoms with Gasteiger partial charge in [-0.25, -0.2) is 9.67 Å². The van der Waals surface area contributed by atoms with Gasteiger partial charge in [-0.05, 0) is 37.1 Å². The monoisotopic (exact) mass is 344 g/mol. The van der Waals surface area contributed by atoms with Crippen LogP contribution in [0.5, 0.6) is 0 Å². The van der Waals surface area contributed by atoms with Crippen LogP contribution in [0.4, 0.5) is 6.01 Å². The van der Waals surface area contributed by atoms with Crippen molar-refractivity contribution >= 4 is 17.6 Å². The number of nitrogens with zero attached hydrogens (tertiary/aromatic N) is 5. The summed E-state index contributed by atoms with van der Waals surface area (Å²) in [5.41, 5.74) is 0.858. The fourth-order valence-electron chi connectivity index (χ4n) is 2.83. The number of hydrogen-bond donors (Lipinski definition) is 1. The molecule has 3 aromatic rings. The molecule has 1 atom stereocenters. The standard InChI is InChI=1S/C16H17ClN6O/c1-2-13-19-15-12(4-3-9-23(15)21-13)18-16-20-14(22-24-16)10-5-7-11(17)8-6-10/h5-8,12H,2-4,9H2,1H3,(H,18,20,22). The molecule has 0 radical (unpaired) electrons. The molecular formula is C16H17ClN6O. The SMILES string of the molecule is CCc1nc2n(n1)CCCC2Nc1nc(-c2ccc(Cl)cc2)no1. The minimum atomic E-state index is 0.0325. The smallest absolute Gasteiger partial charge is 0.322 e. The highest BCUT2D eigenvalue weighted by atomic mass is 35.5. The topological polar surface area (TPSA) is 81.7 Å². The number of hydrogen-bond acceptors (Lipinski definition) is 6. The lowest BCUT2D eigenvalue weighted by Crippen LogP contribution is -2.22. The fourth-order valence-corrected chi connectivity index (χ4v) is 2.96. The van der Waals surface area contributed by atoms with E-state index in [1.165, 1.54) is 0 Å². The molecule has 0 spiro atoms. The van der Waals surface area contributed by atoms with Crippen LogP contribution in [0.25, 0.3) is 11.4 Å². The van der Waals surface area contributed by atoms with Crippen LogP contribution in [0.15, 0.2) is 28.8 Å². The first kappa shape index (κ1) is 15.1. The molecular weight excluding hydrogens is 328 g/mol. The zero-order valence-corrected chi connectivity index (χ0v) is 14.0. The number of anilines is 1. The highest BCUT2D eigenvalue weighted by Gasteiger charge is 2.25. The Hall–Kier alpha value is -2.41. The Kier molecular flexibility index (Phi) is 3.93. The van der Waals surface area contributed by atoms with E-state index < -0.39 is 0 Å². The molecule has 0 fully saturated rings. The first-order chi connectivity index (χ1) is 11.7. The minimum absolute atomic E-state index is 0.0325. The normalized spacial score (nSPS) is 16.8. The predicted molar refractivity (Wildman–Crippen MR) is 89.7 cm³/mol. The van der Waals surface area contributed by atoms with Gasteiger partial charge in [0.05, 0.1) is 6.04 Å². The van der Waals surface area contributed by atoms with E-state index in [0.29, 0.717) is 16.9 Å². The van der Waals surface area contributed by atoms with Crippen LogP contribution in [-0.2, 0) is 13.0 Å². The zero-order chi connectivity index (χ0) is 16.5. The van der Waals surface area contributed by atoms with Gasteiger partial charge in [0, 0.05) is 23.6 Å². The van der Waals surface area contributed by atoms with Crippen LogP contribution < -0.4 is 5.32 Å². The summed E-state index contributed by atoms with van der Waals surface area (Å²) >= 11 is 5.90. The Bertz CT molecular complexity index is 841. The van der Waals surface area contributed by atoms with E-state index in [1.54, 1.807) is 12.1 Å². The molecule has 3 heterocycles. The average Bonchev–Trinajstić information content (AvgIpc) is 3.22. The van der Waals surface area contributed by atoms with Crippen molar-refractivity contribution in [3.05, 3.63) is 40.9 Å². The molecule has 2 aromatic heterocycles. The Morgan fingerprint density at radius 2 is 2.12 bits per heavy atom. The molecule has 1 N–H and O–H groups in total. The number of aromatic nitrogens is 5. The number of fused-ring (bicyclic) bond motifs is 1. The van der Waals surface area contributed by atoms with Gasteiger partial charge < -0.3 is 9.84 Å². The summed E-state index contributed by atoms with van der Waals surface area (Å²) in [6, 6.07) is 7.75. The van der Waals surface area contributed by atoms with E-state index in [2.05, 4.69) is 32.5 Å². The van der Waals surface area contributed by atoms with Gasteiger partial charge in [-0.3, -0.25) is 0 Å². The summed E-state index contributed by atoms with van der Waals surface area (Å²) < 4.78 is 7.31. The lowest BCUT2D eigenvalue weighted by Gasteiger charge is -2.21. The number of rotatable bonds is 4. The quantitative estimate of drug-likeness (QED) is 0.780. The molecule has 1 unspecified atom stereocenters. The number of benzene rings is 1. The summed E-state index contributed by atoms with van der Waals surface area (Å²) in [5.74, 6) is 2.33. The maximum Gasteiger partial charge on any atom is 0.322 e. The first-order valence-corrected chi connectivity index (χ1v) is 8.40. The summed E-state index contributed by atoms with van der Waals surface area (Å²) in [6.45, 7) is 2.96. The van der Waals surface area contributed by atoms with Crippen LogP contribution >= 0.6 is 11.6 Å². The fraction of sp³-hybridized carbons (Fsp3) is 0.375. The Morgan fingerprint density at radius 3 is 2.92 bits per heavy atom. The van der Waals surface area contributed by atoms with Crippen molar-refractivity contribution < 1.29 is 4.52 Å². The number of nitrogens with one attached hydrogen (secondary N) is 1. The molecule has 0 aliphatic carbocycles. The minimum Gasteiger partial charge on any atom is -0.328 e. The van der Waals surface area contributed by atoms with Crippen LogP contribution in [0.1, 0.15) is 37.5 Å². The third kappa shape index (κ3) is 2.87. The molecule has 1 aromatic carbocycles. The number of aryl methyl sites for hydroxylation is 2. The van der Waals surface area contributed by atoms with Crippen molar-refractivity contribution in [2.75, 3.05) is 5.32 Å². The molecule has 0 saturated carbocycles. The Balaban J connectivity index is 1.55. The van der Waals surface area contributed by atoms with Gasteiger partial charge in [-0.2, -0.15) is 10.1 Å². The van der Waals surface area contributed by atoms with E-state index in [-0.39, 0.29) is 6.04 Å². The molecule has 24 heavy (non-hydrogen) atoms. The molecule has 8 heteroatoms. The molecule has 0 amide bonds. The Morgan fingerprint density at radius 1 is 1.29 bits per heavy atom. The second-order valence-corrected chi connectivity index (χ2v) is 6.17. The van der Waals surface area contributed by atoms with Gasteiger partial charge in [0.25, 0.3) is 0 Å². The van der Waals surface area contributed by atoms with E-state index in [4.69, 9.17) is 16.1 Å². The third-order valence-electron chi connectivity index (χ3n) is 4.06. The van der Waals surface area contributed by atoms with E-state index >= 15 is 0 Å². The lowest BCUT2D eigenvalue weighted by molar-refractivity contribution is 0.402. The summed E-state index contributed by atoms with van der Waals surface area (Å²) in [5, 5.41) is 12.5. The second-order valence-electron chi connectivity index (χ2n) is 5.73. The van der Waals surface area contributed by atoms with Crippen LogP contribution in [0, 0.1) is 0 Å². The molecule has 4 rings (SSSR count). The van der Waals surface area contributed by atoms with Crippen molar-refractivity contribution in [2.24, 2.45) is 0 Å². The van der Waals surface area contributed by atoms with Crippen LogP contribution in [0.3, 0.4) is 0 Å². The van der Waals surface area contributed by atoms with Crippen molar-refractivity contribution in [3.63, 3.8) is 0 Å². The lowest BCUT2D eigenvalue weighted by atomic mass is 10.1. The average molecular weight is 345 g/mol. The third-order valence-corrected chi connectivity index (χ3v) is 4.31. The molecule has 0 saturated heterocycles. The van der Waals surface area contributed by atoms with Gasteiger partial charge in [-0.1, -0.05) is 23.7 Å². The zero-order valence-electron chi connectivity index (χ0n) is 13.2. The van der Waals surface area contributed by atoms with Gasteiger partial charge in [0.2, 0.25) is 5.82 Å². The molecule has 7 nitrogen and oxygen atoms in total. The van der Waals surface area contributed by atoms with E-state index in [0.717, 1.165) is 43.0 Å². The highest BCUT2D eigenvalue weighted by molar-refractivity contribution is 6.30. The second kappa shape index (κ2) is 6.24. The maximum atomic E-state index is 5.90. The van der Waals surface area contributed by atoms with E-state index in [1.807, 2.05) is 16.8 Å². The van der Waals surface area contributed by atoms with Crippen LogP contribution in [0.2, 0.25) is 5.02 Å². The summed E-state index contributed by atoms with van der Waals surface area (Å²) in [4.78, 5) is 9.02.